The molecule has 28 heavy (non-hydrogen) atoms. The van der Waals surface area contributed by atoms with E-state index in [1.807, 2.05) is 6.92 Å². The second-order valence-electron chi connectivity index (χ2n) is 8.03. The zero-order valence-electron chi connectivity index (χ0n) is 20.7. The molecule has 0 heterocycles. The van der Waals surface area contributed by atoms with E-state index in [9.17, 15) is 0 Å². The molecule has 0 fully saturated rings. The monoisotopic (exact) mass is 414 g/mol. The predicted molar refractivity (Wildman–Crippen MR) is 137 cm³/mol. The molecule has 0 aliphatic rings. The van der Waals surface area contributed by atoms with Crippen molar-refractivity contribution in [1.82, 2.24) is 0 Å². The van der Waals surface area contributed by atoms with Crippen LogP contribution in [0.5, 0.6) is 0 Å². The van der Waals surface area contributed by atoms with Crippen LogP contribution in [0.1, 0.15) is 126 Å². The molecule has 0 rings (SSSR count). The summed E-state index contributed by atoms with van der Waals surface area (Å²) in [5, 5.41) is 0. The highest BCUT2D eigenvalue weighted by Crippen LogP contribution is 2.35. The summed E-state index contributed by atoms with van der Waals surface area (Å²) in [7, 11) is 0. The molecule has 0 aliphatic carbocycles. The molecule has 3 heteroatoms. The van der Waals surface area contributed by atoms with E-state index in [1.54, 1.807) is 6.26 Å². The van der Waals surface area contributed by atoms with Gasteiger partial charge in [0.05, 0.1) is 11.4 Å². The molecule has 2 nitrogen and oxygen atoms in total. The van der Waals surface area contributed by atoms with Crippen molar-refractivity contribution in [1.29, 1.82) is 0 Å². The Kier molecular flexibility index (Phi) is 26.3. The number of rotatable bonds is 14. The van der Waals surface area contributed by atoms with E-state index in [1.165, 1.54) is 56.9 Å². The molecular formula is C25H54N2S. The number of nitrogens with zero attached hydrogens (tertiary/aromatic N) is 1. The number of hydrogen-bond donors (Lipinski definition) is 2. The second kappa shape index (κ2) is 22.8. The molecule has 0 amide bonds. The van der Waals surface area contributed by atoms with Crippen molar-refractivity contribution < 1.29 is 0 Å². The predicted octanol–water partition coefficient (Wildman–Crippen LogP) is 8.61. The lowest BCUT2D eigenvalue weighted by Crippen LogP contribution is -2.32. The van der Waals surface area contributed by atoms with Gasteiger partial charge in [0, 0.05) is 0 Å². The SMILES string of the molecule is C=C(CCC)C(CCCC)(CCCC)N=C(C)N.CCCC(C)CCC.CS. The fourth-order valence-corrected chi connectivity index (χ4v) is 3.61. The van der Waals surface area contributed by atoms with Gasteiger partial charge in [-0.15, -0.1) is 0 Å². The van der Waals surface area contributed by atoms with Gasteiger partial charge in [-0.05, 0) is 43.9 Å². The fourth-order valence-electron chi connectivity index (χ4n) is 3.61. The van der Waals surface area contributed by atoms with Gasteiger partial charge in [0.1, 0.15) is 0 Å². The minimum atomic E-state index is -0.0964. The molecule has 2 N–H and O–H groups in total. The normalized spacial score (nSPS) is 11.4. The van der Waals surface area contributed by atoms with Crippen molar-refractivity contribution in [2.75, 3.05) is 6.26 Å². The molecule has 170 valence electrons. The molecule has 0 aliphatic heterocycles. The first-order chi connectivity index (χ1) is 13.3. The quantitative estimate of drug-likeness (QED) is 0.127. The Hall–Kier alpha value is -0.440. The van der Waals surface area contributed by atoms with Crippen molar-refractivity contribution in [3.05, 3.63) is 12.2 Å². The summed E-state index contributed by atoms with van der Waals surface area (Å²) in [5.74, 6) is 1.66. The smallest absolute Gasteiger partial charge is 0.0916 e. The van der Waals surface area contributed by atoms with Crippen LogP contribution < -0.4 is 5.73 Å². The van der Waals surface area contributed by atoms with Gasteiger partial charge in [0.2, 0.25) is 0 Å². The minimum absolute atomic E-state index is 0.0964. The van der Waals surface area contributed by atoms with Crippen LogP contribution in [0.25, 0.3) is 0 Å². The standard InChI is InChI=1S/C16H32N2.C8H18.CH4S/c1-6-9-12-16(13-10-7-2,18-15(5)17)14(4)11-8-3;1-4-6-8(3)7-5-2;1-2/h4,6-13H2,1-3,5H3,(H2,17,18);8H,4-7H2,1-3H3;2H,1H3. The summed E-state index contributed by atoms with van der Waals surface area (Å²) in [6, 6.07) is 0. The molecule has 0 atom stereocenters. The minimum Gasteiger partial charge on any atom is -0.388 e. The first kappa shape index (κ1) is 32.2. The van der Waals surface area contributed by atoms with Gasteiger partial charge in [0.25, 0.3) is 0 Å². The summed E-state index contributed by atoms with van der Waals surface area (Å²) in [4.78, 5) is 4.80. The lowest BCUT2D eigenvalue weighted by molar-refractivity contribution is 0.391. The zero-order chi connectivity index (χ0) is 22.4. The number of unbranched alkanes of at least 4 members (excludes halogenated alkanes) is 2. The average Bonchev–Trinajstić information content (AvgIpc) is 2.66. The van der Waals surface area contributed by atoms with E-state index in [-0.39, 0.29) is 5.54 Å². The summed E-state index contributed by atoms with van der Waals surface area (Å²) >= 11 is 3.53. The lowest BCUT2D eigenvalue weighted by atomic mass is 9.79. The Morgan fingerprint density at radius 2 is 1.32 bits per heavy atom. The third-order valence-corrected chi connectivity index (χ3v) is 5.05. The Bertz CT molecular complexity index is 346. The van der Waals surface area contributed by atoms with Crippen LogP contribution >= 0.6 is 12.6 Å². The maximum Gasteiger partial charge on any atom is 0.0916 e. The maximum absolute atomic E-state index is 5.86. The third kappa shape index (κ3) is 17.6. The highest BCUT2D eigenvalue weighted by Gasteiger charge is 2.30. The second-order valence-corrected chi connectivity index (χ2v) is 8.03. The van der Waals surface area contributed by atoms with Crippen LogP contribution in [0.15, 0.2) is 17.1 Å². The third-order valence-electron chi connectivity index (χ3n) is 5.05. The van der Waals surface area contributed by atoms with Gasteiger partial charge in [-0.2, -0.15) is 12.6 Å². The number of amidine groups is 1. The lowest BCUT2D eigenvalue weighted by Gasteiger charge is -2.33. The molecule has 0 spiro atoms. The molecule has 0 aromatic rings. The van der Waals surface area contributed by atoms with Gasteiger partial charge in [-0.1, -0.05) is 106 Å². The maximum atomic E-state index is 5.86. The molecule has 0 aromatic heterocycles. The summed E-state index contributed by atoms with van der Waals surface area (Å²) in [5.41, 5.74) is 7.04. The molecule has 0 radical (unpaired) electrons. The summed E-state index contributed by atoms with van der Waals surface area (Å²) in [6.45, 7) is 19.7. The molecule has 0 saturated carbocycles. The van der Waals surface area contributed by atoms with Gasteiger partial charge in [-0.3, -0.25) is 4.99 Å². The van der Waals surface area contributed by atoms with E-state index < -0.39 is 0 Å². The van der Waals surface area contributed by atoms with E-state index in [0.29, 0.717) is 5.84 Å². The van der Waals surface area contributed by atoms with Crippen LogP contribution in [-0.2, 0) is 0 Å². The highest BCUT2D eigenvalue weighted by atomic mass is 32.1. The van der Waals surface area contributed by atoms with E-state index in [0.717, 1.165) is 31.6 Å². The Labute approximate surface area is 184 Å². The molecule has 0 bridgehead atoms. The van der Waals surface area contributed by atoms with E-state index in [4.69, 9.17) is 10.7 Å². The van der Waals surface area contributed by atoms with Crippen LogP contribution in [0, 0.1) is 5.92 Å². The van der Waals surface area contributed by atoms with Crippen molar-refractivity contribution in [2.24, 2.45) is 16.6 Å². The van der Waals surface area contributed by atoms with Crippen LogP contribution in [-0.4, -0.2) is 17.6 Å². The van der Waals surface area contributed by atoms with Gasteiger partial charge < -0.3 is 5.73 Å². The van der Waals surface area contributed by atoms with Crippen molar-refractivity contribution in [3.8, 4) is 0 Å². The fraction of sp³-hybridized carbons (Fsp3) is 0.880. The van der Waals surface area contributed by atoms with Crippen molar-refractivity contribution >= 4 is 18.5 Å². The molecule has 0 aromatic carbocycles. The van der Waals surface area contributed by atoms with Crippen molar-refractivity contribution in [3.63, 3.8) is 0 Å². The van der Waals surface area contributed by atoms with Gasteiger partial charge in [-0.25, -0.2) is 0 Å². The Balaban J connectivity index is -0.000000522. The Morgan fingerprint density at radius 1 is 0.893 bits per heavy atom. The average molecular weight is 415 g/mol. The molecular weight excluding hydrogens is 360 g/mol. The topological polar surface area (TPSA) is 38.4 Å². The van der Waals surface area contributed by atoms with Crippen LogP contribution in [0.3, 0.4) is 0 Å². The van der Waals surface area contributed by atoms with Gasteiger partial charge >= 0.3 is 0 Å². The summed E-state index contributed by atoms with van der Waals surface area (Å²) < 4.78 is 0. The first-order valence-corrected chi connectivity index (χ1v) is 12.7. The zero-order valence-corrected chi connectivity index (χ0v) is 21.6. The molecule has 0 unspecified atom stereocenters. The Morgan fingerprint density at radius 3 is 1.61 bits per heavy atom. The molecule has 0 saturated heterocycles. The van der Waals surface area contributed by atoms with Crippen LogP contribution in [0.2, 0.25) is 0 Å². The van der Waals surface area contributed by atoms with Crippen LogP contribution in [0.4, 0.5) is 0 Å². The highest BCUT2D eigenvalue weighted by molar-refractivity contribution is 7.79. The number of aliphatic imine (C=N–C) groups is 1. The van der Waals surface area contributed by atoms with Crippen molar-refractivity contribution in [2.45, 2.75) is 131 Å². The number of hydrogen-bond acceptors (Lipinski definition) is 2. The largest absolute Gasteiger partial charge is 0.388 e. The number of thiol groups is 1. The van der Waals surface area contributed by atoms with E-state index in [2.05, 4.69) is 60.8 Å². The van der Waals surface area contributed by atoms with Gasteiger partial charge in [0.15, 0.2) is 0 Å². The first-order valence-electron chi connectivity index (χ1n) is 11.8. The van der Waals surface area contributed by atoms with E-state index >= 15 is 0 Å². The number of nitrogens with two attached hydrogens (primary N) is 1. The summed E-state index contributed by atoms with van der Waals surface area (Å²) in [6.07, 6.45) is 16.4.